The lowest BCUT2D eigenvalue weighted by atomic mass is 9.71. The fraction of sp³-hybridized carbons (Fsp3) is 0.692. The Bertz CT molecular complexity index is 786. The zero-order chi connectivity index (χ0) is 23.3. The van der Waals surface area contributed by atoms with E-state index in [-0.39, 0.29) is 17.5 Å². The zero-order valence-electron chi connectivity index (χ0n) is 19.9. The van der Waals surface area contributed by atoms with Gasteiger partial charge in [-0.05, 0) is 63.5 Å². The van der Waals surface area contributed by atoms with Crippen LogP contribution >= 0.6 is 0 Å². The van der Waals surface area contributed by atoms with Gasteiger partial charge >= 0.3 is 0 Å². The summed E-state index contributed by atoms with van der Waals surface area (Å²) in [6, 6.07) is 10.8. The van der Waals surface area contributed by atoms with Crippen LogP contribution in [0.4, 0.5) is 0 Å². The monoisotopic (exact) mass is 457 g/mol. The molecule has 182 valence electrons. The van der Waals surface area contributed by atoms with Crippen molar-refractivity contribution < 1.29 is 19.4 Å². The van der Waals surface area contributed by atoms with Gasteiger partial charge in [-0.2, -0.15) is 0 Å². The summed E-state index contributed by atoms with van der Waals surface area (Å²) in [4.78, 5) is 28.6. The van der Waals surface area contributed by atoms with Crippen molar-refractivity contribution in [2.24, 2.45) is 0 Å². The molecule has 2 aliphatic carbocycles. The van der Waals surface area contributed by atoms with Crippen LogP contribution in [0.3, 0.4) is 0 Å². The summed E-state index contributed by atoms with van der Waals surface area (Å²) in [5.74, 6) is 0.549. The standard InChI is InChI=1S/C26H39N3O4/c1-28(15-10-24(31)27-23-16-33-17-23)18-25(29(20-30)19-26(32)11-5-12-26)13-8-22(9-14-25)21-6-3-2-4-7-21/h2-4,6-7,20,22-23,32H,5,8-19H2,1H3,(H,27,31). The maximum absolute atomic E-state index is 12.3. The number of carbonyl (C=O) groups is 2. The molecule has 1 saturated heterocycles. The first-order valence-electron chi connectivity index (χ1n) is 12.5. The number of hydrogen-bond donors (Lipinski definition) is 2. The van der Waals surface area contributed by atoms with Crippen LogP contribution in [-0.2, 0) is 14.3 Å². The number of rotatable bonds is 11. The van der Waals surface area contributed by atoms with E-state index in [4.69, 9.17) is 4.74 Å². The fourth-order valence-corrected chi connectivity index (χ4v) is 5.62. The van der Waals surface area contributed by atoms with E-state index in [1.165, 1.54) is 5.56 Å². The van der Waals surface area contributed by atoms with Crippen molar-refractivity contribution in [3.05, 3.63) is 35.9 Å². The number of amides is 2. The van der Waals surface area contributed by atoms with Crippen molar-refractivity contribution in [3.63, 3.8) is 0 Å². The number of nitrogens with zero attached hydrogens (tertiary/aromatic N) is 2. The van der Waals surface area contributed by atoms with Gasteiger partial charge in [-0.15, -0.1) is 0 Å². The molecule has 3 fully saturated rings. The molecule has 2 amide bonds. The van der Waals surface area contributed by atoms with E-state index in [2.05, 4.69) is 34.5 Å². The van der Waals surface area contributed by atoms with Crippen LogP contribution in [0.15, 0.2) is 30.3 Å². The van der Waals surface area contributed by atoms with Crippen LogP contribution in [0.1, 0.15) is 62.8 Å². The first kappa shape index (κ1) is 24.2. The summed E-state index contributed by atoms with van der Waals surface area (Å²) in [6.45, 7) is 2.96. The number of ether oxygens (including phenoxy) is 1. The number of nitrogens with one attached hydrogen (secondary N) is 1. The van der Waals surface area contributed by atoms with Crippen LogP contribution in [0.25, 0.3) is 0 Å². The molecule has 3 aliphatic rings. The van der Waals surface area contributed by atoms with Gasteiger partial charge in [-0.3, -0.25) is 9.59 Å². The summed E-state index contributed by atoms with van der Waals surface area (Å²) in [5.41, 5.74) is 0.310. The van der Waals surface area contributed by atoms with Gasteiger partial charge in [0, 0.05) is 26.1 Å². The Kier molecular flexibility index (Phi) is 7.72. The number of aliphatic hydroxyl groups is 1. The summed E-state index contributed by atoms with van der Waals surface area (Å²) in [5, 5.41) is 13.8. The second-order valence-electron chi connectivity index (χ2n) is 10.5. The molecule has 1 aromatic rings. The smallest absolute Gasteiger partial charge is 0.221 e. The molecular weight excluding hydrogens is 418 g/mol. The fourth-order valence-electron chi connectivity index (χ4n) is 5.62. The summed E-state index contributed by atoms with van der Waals surface area (Å²) in [6.07, 6.45) is 7.77. The van der Waals surface area contributed by atoms with E-state index in [1.54, 1.807) is 0 Å². The van der Waals surface area contributed by atoms with Crippen molar-refractivity contribution >= 4 is 12.3 Å². The molecule has 0 unspecified atom stereocenters. The van der Waals surface area contributed by atoms with Crippen molar-refractivity contribution in [2.45, 2.75) is 74.5 Å². The van der Waals surface area contributed by atoms with Gasteiger partial charge in [0.25, 0.3) is 0 Å². The minimum absolute atomic E-state index is 0.0491. The summed E-state index contributed by atoms with van der Waals surface area (Å²) < 4.78 is 5.12. The predicted octanol–water partition coefficient (Wildman–Crippen LogP) is 2.29. The van der Waals surface area contributed by atoms with Gasteiger partial charge in [-0.25, -0.2) is 0 Å². The van der Waals surface area contributed by atoms with Gasteiger partial charge in [-0.1, -0.05) is 30.3 Å². The van der Waals surface area contributed by atoms with Crippen LogP contribution in [-0.4, -0.2) is 84.3 Å². The molecule has 1 heterocycles. The van der Waals surface area contributed by atoms with E-state index in [0.29, 0.717) is 45.2 Å². The third-order valence-electron chi connectivity index (χ3n) is 7.96. The highest BCUT2D eigenvalue weighted by atomic mass is 16.5. The Hall–Kier alpha value is -1.96. The molecular formula is C26H39N3O4. The van der Waals surface area contributed by atoms with Crippen LogP contribution < -0.4 is 5.32 Å². The molecule has 1 aromatic carbocycles. The molecule has 7 heteroatoms. The number of hydrogen-bond acceptors (Lipinski definition) is 5. The van der Waals surface area contributed by atoms with Gasteiger partial charge in [0.05, 0.1) is 30.4 Å². The van der Waals surface area contributed by atoms with E-state index >= 15 is 0 Å². The summed E-state index contributed by atoms with van der Waals surface area (Å²) >= 11 is 0. The normalized spacial score (nSPS) is 26.8. The van der Waals surface area contributed by atoms with Crippen LogP contribution in [0.2, 0.25) is 0 Å². The molecule has 7 nitrogen and oxygen atoms in total. The van der Waals surface area contributed by atoms with Crippen molar-refractivity contribution in [1.29, 1.82) is 0 Å². The number of carbonyl (C=O) groups excluding carboxylic acids is 2. The van der Waals surface area contributed by atoms with E-state index in [1.807, 2.05) is 18.0 Å². The van der Waals surface area contributed by atoms with Gasteiger partial charge in [0.15, 0.2) is 0 Å². The minimum atomic E-state index is -0.743. The number of benzene rings is 1. The molecule has 0 spiro atoms. The van der Waals surface area contributed by atoms with E-state index < -0.39 is 5.60 Å². The van der Waals surface area contributed by atoms with Gasteiger partial charge in [0.1, 0.15) is 0 Å². The number of likely N-dealkylation sites (N-methyl/N-ethyl adjacent to an activating group) is 1. The van der Waals surface area contributed by atoms with Gasteiger partial charge in [0.2, 0.25) is 12.3 Å². The van der Waals surface area contributed by atoms with Crippen LogP contribution in [0, 0.1) is 0 Å². The second kappa shape index (κ2) is 10.5. The quantitative estimate of drug-likeness (QED) is 0.499. The highest BCUT2D eigenvalue weighted by Gasteiger charge is 2.45. The van der Waals surface area contributed by atoms with E-state index in [0.717, 1.165) is 51.4 Å². The largest absolute Gasteiger partial charge is 0.388 e. The summed E-state index contributed by atoms with van der Waals surface area (Å²) in [7, 11) is 2.03. The number of β-amino-alcohol motifs (C(OH)–C–C–N with tert-alkyl or cyclic N) is 1. The van der Waals surface area contributed by atoms with Crippen molar-refractivity contribution in [1.82, 2.24) is 15.1 Å². The highest BCUT2D eigenvalue weighted by Crippen LogP contribution is 2.43. The molecule has 33 heavy (non-hydrogen) atoms. The average Bonchev–Trinajstić information content (AvgIpc) is 2.78. The Morgan fingerprint density at radius 3 is 2.39 bits per heavy atom. The first-order valence-corrected chi connectivity index (χ1v) is 12.5. The maximum Gasteiger partial charge on any atom is 0.221 e. The maximum atomic E-state index is 12.3. The van der Waals surface area contributed by atoms with Crippen molar-refractivity contribution in [3.8, 4) is 0 Å². The van der Waals surface area contributed by atoms with Gasteiger partial charge < -0.3 is 25.0 Å². The topological polar surface area (TPSA) is 82.1 Å². The molecule has 0 radical (unpaired) electrons. The average molecular weight is 458 g/mol. The van der Waals surface area contributed by atoms with Crippen LogP contribution in [0.5, 0.6) is 0 Å². The molecule has 0 bridgehead atoms. The molecule has 0 atom stereocenters. The first-order chi connectivity index (χ1) is 15.9. The Labute approximate surface area is 197 Å². The highest BCUT2D eigenvalue weighted by molar-refractivity contribution is 5.76. The van der Waals surface area contributed by atoms with Crippen molar-refractivity contribution in [2.75, 3.05) is 39.9 Å². The third-order valence-corrected chi connectivity index (χ3v) is 7.96. The molecule has 2 saturated carbocycles. The molecule has 1 aliphatic heterocycles. The second-order valence-corrected chi connectivity index (χ2v) is 10.5. The lowest BCUT2D eigenvalue weighted by molar-refractivity contribution is -0.139. The lowest BCUT2D eigenvalue weighted by Crippen LogP contribution is -2.61. The van der Waals surface area contributed by atoms with E-state index in [9.17, 15) is 14.7 Å². The molecule has 0 aromatic heterocycles. The lowest BCUT2D eigenvalue weighted by Gasteiger charge is -2.51. The molecule has 4 rings (SSSR count). The SMILES string of the molecule is CN(CCC(=O)NC1COC1)CC1(N(C=O)CC2(O)CCC2)CCC(c2ccccc2)CC1. The zero-order valence-corrected chi connectivity index (χ0v) is 19.9. The molecule has 2 N–H and O–H groups in total. The Morgan fingerprint density at radius 2 is 1.85 bits per heavy atom. The predicted molar refractivity (Wildman–Crippen MR) is 127 cm³/mol. The Balaban J connectivity index is 1.40. The third kappa shape index (κ3) is 5.94. The Morgan fingerprint density at radius 1 is 1.15 bits per heavy atom. The minimum Gasteiger partial charge on any atom is -0.388 e.